The van der Waals surface area contributed by atoms with Gasteiger partial charge in [0.1, 0.15) is 5.60 Å². The summed E-state index contributed by atoms with van der Waals surface area (Å²) in [6.45, 7) is 7.86. The zero-order valence-corrected chi connectivity index (χ0v) is 11.9. The summed E-state index contributed by atoms with van der Waals surface area (Å²) in [6, 6.07) is 7.33. The molecule has 1 aliphatic rings. The van der Waals surface area contributed by atoms with E-state index in [4.69, 9.17) is 0 Å². The van der Waals surface area contributed by atoms with E-state index < -0.39 is 5.60 Å². The van der Waals surface area contributed by atoms with E-state index in [1.807, 2.05) is 39.0 Å². The molecular formula is C17H20O2. The molecular weight excluding hydrogens is 236 g/mol. The van der Waals surface area contributed by atoms with E-state index in [0.29, 0.717) is 23.1 Å². The summed E-state index contributed by atoms with van der Waals surface area (Å²) < 4.78 is 0. The minimum absolute atomic E-state index is 0.00938. The van der Waals surface area contributed by atoms with Crippen molar-refractivity contribution in [2.45, 2.75) is 39.7 Å². The predicted molar refractivity (Wildman–Crippen MR) is 77.1 cm³/mol. The average molecular weight is 256 g/mol. The molecule has 19 heavy (non-hydrogen) atoms. The highest BCUT2D eigenvalue weighted by Crippen LogP contribution is 2.38. The number of ketones is 1. The number of hydrogen-bond donors (Lipinski definition) is 1. The first-order valence-electron chi connectivity index (χ1n) is 6.54. The van der Waals surface area contributed by atoms with Crippen molar-refractivity contribution in [2.24, 2.45) is 0 Å². The second kappa shape index (κ2) is 4.78. The Bertz CT molecular complexity index is 589. The van der Waals surface area contributed by atoms with Crippen LogP contribution in [0.2, 0.25) is 0 Å². The molecule has 0 saturated heterocycles. The van der Waals surface area contributed by atoms with Crippen molar-refractivity contribution in [3.05, 3.63) is 58.2 Å². The van der Waals surface area contributed by atoms with Crippen molar-refractivity contribution in [2.75, 3.05) is 0 Å². The quantitative estimate of drug-likeness (QED) is 0.818. The first-order valence-corrected chi connectivity index (χ1v) is 6.54. The van der Waals surface area contributed by atoms with E-state index in [1.165, 1.54) is 5.57 Å². The predicted octanol–water partition coefficient (Wildman–Crippen LogP) is 3.76. The molecule has 0 heterocycles. The molecule has 0 saturated carbocycles. The lowest BCUT2D eigenvalue weighted by atomic mass is 9.77. The molecule has 0 aromatic heterocycles. The average Bonchev–Trinajstić information content (AvgIpc) is 2.36. The van der Waals surface area contributed by atoms with Gasteiger partial charge in [0.2, 0.25) is 0 Å². The van der Waals surface area contributed by atoms with E-state index in [2.05, 4.69) is 0 Å². The van der Waals surface area contributed by atoms with Crippen molar-refractivity contribution in [1.29, 1.82) is 0 Å². The molecule has 2 rings (SSSR count). The Hall–Kier alpha value is -1.67. The van der Waals surface area contributed by atoms with Crippen molar-refractivity contribution in [1.82, 2.24) is 0 Å². The highest BCUT2D eigenvalue weighted by Gasteiger charge is 2.35. The number of hydrogen-bond acceptors (Lipinski definition) is 2. The zero-order valence-electron chi connectivity index (χ0n) is 11.9. The van der Waals surface area contributed by atoms with Gasteiger partial charge in [0.25, 0.3) is 0 Å². The minimum Gasteiger partial charge on any atom is -0.381 e. The van der Waals surface area contributed by atoms with Gasteiger partial charge in [-0.25, -0.2) is 0 Å². The Labute approximate surface area is 114 Å². The van der Waals surface area contributed by atoms with Gasteiger partial charge in [-0.05, 0) is 44.9 Å². The summed E-state index contributed by atoms with van der Waals surface area (Å²) in [5.41, 5.74) is 3.22. The lowest BCUT2D eigenvalue weighted by molar-refractivity contribution is 0.0792. The molecule has 1 N–H and O–H groups in total. The van der Waals surface area contributed by atoms with Gasteiger partial charge in [-0.1, -0.05) is 35.4 Å². The van der Waals surface area contributed by atoms with E-state index in [0.717, 1.165) is 5.57 Å². The third-order valence-corrected chi connectivity index (χ3v) is 3.84. The SMILES string of the molecule is CC1=CC(O)(CC(C)=C(C)C)c2ccccc2C1=O. The maximum atomic E-state index is 12.1. The number of rotatable bonds is 2. The van der Waals surface area contributed by atoms with Crippen LogP contribution in [0.5, 0.6) is 0 Å². The first-order chi connectivity index (χ1) is 8.85. The van der Waals surface area contributed by atoms with Crippen molar-refractivity contribution < 1.29 is 9.90 Å². The molecule has 1 unspecified atom stereocenters. The summed E-state index contributed by atoms with van der Waals surface area (Å²) in [4.78, 5) is 12.1. The number of carbonyl (C=O) groups excluding carboxylic acids is 1. The Morgan fingerprint density at radius 1 is 1.21 bits per heavy atom. The van der Waals surface area contributed by atoms with Crippen molar-refractivity contribution in [3.63, 3.8) is 0 Å². The van der Waals surface area contributed by atoms with Crippen LogP contribution in [0.1, 0.15) is 50.0 Å². The Morgan fingerprint density at radius 3 is 2.47 bits per heavy atom. The van der Waals surface area contributed by atoms with Crippen LogP contribution in [0.25, 0.3) is 0 Å². The zero-order chi connectivity index (χ0) is 14.2. The van der Waals surface area contributed by atoms with Crippen LogP contribution in [-0.2, 0) is 5.60 Å². The fraction of sp³-hybridized carbons (Fsp3) is 0.353. The highest BCUT2D eigenvalue weighted by molar-refractivity contribution is 6.10. The lowest BCUT2D eigenvalue weighted by Gasteiger charge is -2.32. The fourth-order valence-electron chi connectivity index (χ4n) is 2.50. The second-order valence-corrected chi connectivity index (χ2v) is 5.58. The Kier molecular flexibility index (Phi) is 3.46. The van der Waals surface area contributed by atoms with Crippen LogP contribution in [0.15, 0.2) is 47.1 Å². The van der Waals surface area contributed by atoms with Gasteiger partial charge in [-0.3, -0.25) is 4.79 Å². The monoisotopic (exact) mass is 256 g/mol. The molecule has 0 fully saturated rings. The second-order valence-electron chi connectivity index (χ2n) is 5.58. The maximum absolute atomic E-state index is 12.1. The summed E-state index contributed by atoms with van der Waals surface area (Å²) in [5, 5.41) is 11.0. The summed E-state index contributed by atoms with van der Waals surface area (Å²) in [5.74, 6) is 0.00938. The van der Waals surface area contributed by atoms with Gasteiger partial charge in [-0.15, -0.1) is 0 Å². The minimum atomic E-state index is -1.07. The van der Waals surface area contributed by atoms with E-state index in [9.17, 15) is 9.90 Å². The van der Waals surface area contributed by atoms with E-state index >= 15 is 0 Å². The molecule has 0 radical (unpaired) electrons. The van der Waals surface area contributed by atoms with Crippen LogP contribution < -0.4 is 0 Å². The fourth-order valence-corrected chi connectivity index (χ4v) is 2.50. The molecule has 1 aliphatic carbocycles. The third-order valence-electron chi connectivity index (χ3n) is 3.84. The van der Waals surface area contributed by atoms with Gasteiger partial charge in [0, 0.05) is 12.0 Å². The maximum Gasteiger partial charge on any atom is 0.188 e. The smallest absolute Gasteiger partial charge is 0.188 e. The van der Waals surface area contributed by atoms with Crippen molar-refractivity contribution in [3.8, 4) is 0 Å². The van der Waals surface area contributed by atoms with Gasteiger partial charge < -0.3 is 5.11 Å². The third kappa shape index (κ3) is 2.41. The van der Waals surface area contributed by atoms with Crippen LogP contribution in [0.3, 0.4) is 0 Å². The topological polar surface area (TPSA) is 37.3 Å². The molecule has 1 aromatic rings. The number of aliphatic hydroxyl groups is 1. The van der Waals surface area contributed by atoms with Crippen LogP contribution >= 0.6 is 0 Å². The number of Topliss-reactive ketones (excluding diaryl/α,β-unsaturated/α-hetero) is 1. The number of benzene rings is 1. The highest BCUT2D eigenvalue weighted by atomic mass is 16.3. The van der Waals surface area contributed by atoms with Crippen LogP contribution in [0.4, 0.5) is 0 Å². The summed E-state index contributed by atoms with van der Waals surface area (Å²) in [7, 11) is 0. The normalized spacial score (nSPS) is 21.7. The molecule has 0 amide bonds. The van der Waals surface area contributed by atoms with Crippen LogP contribution in [0, 0.1) is 0 Å². The molecule has 0 spiro atoms. The number of fused-ring (bicyclic) bond motifs is 1. The van der Waals surface area contributed by atoms with Gasteiger partial charge in [0.15, 0.2) is 5.78 Å². The summed E-state index contributed by atoms with van der Waals surface area (Å²) in [6.07, 6.45) is 2.22. The van der Waals surface area contributed by atoms with Gasteiger partial charge in [-0.2, -0.15) is 0 Å². The van der Waals surface area contributed by atoms with Gasteiger partial charge >= 0.3 is 0 Å². The van der Waals surface area contributed by atoms with E-state index in [1.54, 1.807) is 19.1 Å². The molecule has 2 nitrogen and oxygen atoms in total. The largest absolute Gasteiger partial charge is 0.381 e. The molecule has 100 valence electrons. The summed E-state index contributed by atoms with van der Waals surface area (Å²) >= 11 is 0. The lowest BCUT2D eigenvalue weighted by Crippen LogP contribution is -2.31. The molecule has 2 heteroatoms. The standard InChI is InChI=1S/C17H20O2/c1-11(2)12(3)9-17(19)10-13(4)16(18)14-7-5-6-8-15(14)17/h5-8,10,19H,9H2,1-4H3. The first kappa shape index (κ1) is 13.8. The molecule has 1 atom stereocenters. The van der Waals surface area contributed by atoms with E-state index in [-0.39, 0.29) is 5.78 Å². The van der Waals surface area contributed by atoms with Crippen molar-refractivity contribution >= 4 is 5.78 Å². The molecule has 0 aliphatic heterocycles. The molecule has 1 aromatic carbocycles. The number of allylic oxidation sites excluding steroid dienone is 2. The molecule has 0 bridgehead atoms. The van der Waals surface area contributed by atoms with Crippen LogP contribution in [-0.4, -0.2) is 10.9 Å². The Balaban J connectivity index is 2.57. The van der Waals surface area contributed by atoms with Gasteiger partial charge in [0.05, 0.1) is 0 Å². The number of carbonyl (C=O) groups is 1. The Morgan fingerprint density at radius 2 is 1.84 bits per heavy atom.